The fourth-order valence-corrected chi connectivity index (χ4v) is 5.76. The molecule has 5 aromatic rings. The highest BCUT2D eigenvalue weighted by Crippen LogP contribution is 2.44. The molecule has 0 amide bonds. The number of aromatic nitrogens is 2. The van der Waals surface area contributed by atoms with Crippen LogP contribution < -0.4 is 10.2 Å². The van der Waals surface area contributed by atoms with E-state index in [-0.39, 0.29) is 17.9 Å². The van der Waals surface area contributed by atoms with Gasteiger partial charge < -0.3 is 14.8 Å². The summed E-state index contributed by atoms with van der Waals surface area (Å²) in [6.45, 7) is 4.29. The molecule has 0 radical (unpaired) electrons. The lowest BCUT2D eigenvalue weighted by atomic mass is 9.96. The first-order valence-electron chi connectivity index (χ1n) is 12.0. The van der Waals surface area contributed by atoms with Crippen molar-refractivity contribution in [2.75, 3.05) is 4.90 Å². The van der Waals surface area contributed by atoms with E-state index in [1.807, 2.05) is 18.2 Å². The van der Waals surface area contributed by atoms with Crippen LogP contribution in [0.4, 0.5) is 10.1 Å². The zero-order chi connectivity index (χ0) is 24.8. The number of pyridine rings is 1. The lowest BCUT2D eigenvalue weighted by Crippen LogP contribution is -2.29. The minimum atomic E-state index is -0.274. The topological polar surface area (TPSA) is 33.1 Å². The van der Waals surface area contributed by atoms with Gasteiger partial charge in [0, 0.05) is 28.7 Å². The normalized spacial score (nSPS) is 17.5. The number of nitrogens with one attached hydrogen (secondary N) is 1. The van der Waals surface area contributed by atoms with E-state index in [1.165, 1.54) is 22.9 Å². The molecular weight excluding hydrogens is 467 g/mol. The number of nitrogens with zero attached hydrogens (tertiary/aromatic N) is 3. The van der Waals surface area contributed by atoms with Crippen LogP contribution in [0.5, 0.6) is 0 Å². The molecule has 2 aromatic heterocycles. The number of rotatable bonds is 4. The number of thiocarbonyl (C=S) groups is 1. The maximum Gasteiger partial charge on any atom is 0.174 e. The van der Waals surface area contributed by atoms with Crippen molar-refractivity contribution in [1.29, 1.82) is 0 Å². The molecule has 3 aromatic carbocycles. The van der Waals surface area contributed by atoms with Crippen LogP contribution in [0, 0.1) is 19.7 Å². The molecule has 6 heteroatoms. The fraction of sp³-hybridized carbons (Fsp3) is 0.133. The first-order chi connectivity index (χ1) is 17.5. The predicted octanol–water partition coefficient (Wildman–Crippen LogP) is 6.96. The van der Waals surface area contributed by atoms with Crippen LogP contribution in [0.25, 0.3) is 16.5 Å². The molecule has 1 N–H and O–H groups in total. The molecule has 0 saturated carbocycles. The van der Waals surface area contributed by atoms with Gasteiger partial charge in [-0.25, -0.2) is 4.39 Å². The van der Waals surface area contributed by atoms with Crippen LogP contribution in [0.2, 0.25) is 0 Å². The molecule has 1 fully saturated rings. The maximum absolute atomic E-state index is 13.8. The van der Waals surface area contributed by atoms with Crippen LogP contribution in [0.1, 0.15) is 34.7 Å². The van der Waals surface area contributed by atoms with Crippen LogP contribution >= 0.6 is 12.2 Å². The average Bonchev–Trinajstić information content (AvgIpc) is 3.39. The van der Waals surface area contributed by atoms with Crippen molar-refractivity contribution in [2.24, 2.45) is 0 Å². The number of fused-ring (bicyclic) bond motifs is 1. The van der Waals surface area contributed by atoms with E-state index in [0.29, 0.717) is 5.11 Å². The number of anilines is 1. The van der Waals surface area contributed by atoms with Crippen molar-refractivity contribution in [2.45, 2.75) is 25.9 Å². The van der Waals surface area contributed by atoms with Gasteiger partial charge in [-0.2, -0.15) is 0 Å². The van der Waals surface area contributed by atoms with E-state index in [0.717, 1.165) is 34.0 Å². The maximum atomic E-state index is 13.8. The summed E-state index contributed by atoms with van der Waals surface area (Å²) in [5, 5.41) is 6.49. The van der Waals surface area contributed by atoms with Crippen molar-refractivity contribution in [3.8, 4) is 5.69 Å². The van der Waals surface area contributed by atoms with Gasteiger partial charge in [-0.05, 0) is 85.5 Å². The van der Waals surface area contributed by atoms with Crippen molar-refractivity contribution in [3.63, 3.8) is 0 Å². The Labute approximate surface area is 215 Å². The Morgan fingerprint density at radius 2 is 1.64 bits per heavy atom. The Morgan fingerprint density at radius 3 is 2.42 bits per heavy atom. The van der Waals surface area contributed by atoms with Crippen molar-refractivity contribution >= 4 is 33.8 Å². The lowest BCUT2D eigenvalue weighted by Gasteiger charge is -2.28. The highest BCUT2D eigenvalue weighted by Gasteiger charge is 2.42. The molecule has 0 spiro atoms. The summed E-state index contributed by atoms with van der Waals surface area (Å²) in [7, 11) is 0. The lowest BCUT2D eigenvalue weighted by molar-refractivity contribution is 0.565. The smallest absolute Gasteiger partial charge is 0.174 e. The average molecular weight is 493 g/mol. The summed E-state index contributed by atoms with van der Waals surface area (Å²) in [5.41, 5.74) is 6.30. The Balaban J connectivity index is 1.55. The molecular formula is C30H25FN4S. The molecule has 3 heterocycles. The van der Waals surface area contributed by atoms with Crippen molar-refractivity contribution in [1.82, 2.24) is 14.9 Å². The van der Waals surface area contributed by atoms with Gasteiger partial charge in [0.15, 0.2) is 5.11 Å². The highest BCUT2D eigenvalue weighted by molar-refractivity contribution is 7.80. The Bertz CT molecular complexity index is 1570. The van der Waals surface area contributed by atoms with Crippen LogP contribution in [-0.4, -0.2) is 14.7 Å². The molecule has 1 aliphatic heterocycles. The monoisotopic (exact) mass is 492 g/mol. The third-order valence-corrected chi connectivity index (χ3v) is 7.31. The Hall–Kier alpha value is -4.03. The number of aryl methyl sites for hydroxylation is 1. The van der Waals surface area contributed by atoms with E-state index < -0.39 is 0 Å². The first-order valence-corrected chi connectivity index (χ1v) is 12.4. The van der Waals surface area contributed by atoms with Gasteiger partial charge in [0.2, 0.25) is 0 Å². The second kappa shape index (κ2) is 8.88. The molecule has 0 aliphatic carbocycles. The summed E-state index contributed by atoms with van der Waals surface area (Å²) in [5.74, 6) is -0.274. The molecule has 1 saturated heterocycles. The van der Waals surface area contributed by atoms with Gasteiger partial charge in [0.05, 0.1) is 23.5 Å². The summed E-state index contributed by atoms with van der Waals surface area (Å²) in [4.78, 5) is 6.74. The SMILES string of the molecule is Cc1cc(C2C(c3ccccn3)NC(=S)N2c2ccc(F)cc2)c(C)n1-c1cccc2ccccc12. The summed E-state index contributed by atoms with van der Waals surface area (Å²) in [6.07, 6.45) is 1.80. The Kier molecular flexibility index (Phi) is 5.53. The molecule has 36 heavy (non-hydrogen) atoms. The standard InChI is InChI=1S/C30H25FN4S/c1-19-18-25(20(2)34(19)27-12-7-9-21-8-3-4-10-24(21)27)29-28(26-11-5-6-17-32-26)33-30(36)35(29)23-15-13-22(31)14-16-23/h3-18,28-29H,1-2H3,(H,33,36). The Morgan fingerprint density at radius 1 is 0.889 bits per heavy atom. The third-order valence-electron chi connectivity index (χ3n) is 7.00. The number of benzene rings is 3. The molecule has 4 nitrogen and oxygen atoms in total. The summed E-state index contributed by atoms with van der Waals surface area (Å²) in [6, 6.07) is 29.2. The van der Waals surface area contributed by atoms with Gasteiger partial charge in [-0.3, -0.25) is 4.98 Å². The van der Waals surface area contributed by atoms with Crippen LogP contribution in [0.3, 0.4) is 0 Å². The van der Waals surface area contributed by atoms with E-state index in [9.17, 15) is 4.39 Å². The van der Waals surface area contributed by atoms with Crippen LogP contribution in [-0.2, 0) is 0 Å². The van der Waals surface area contributed by atoms with Gasteiger partial charge >= 0.3 is 0 Å². The molecule has 6 rings (SSSR count). The second-order valence-corrected chi connectivity index (χ2v) is 9.52. The van der Waals surface area contributed by atoms with Crippen molar-refractivity contribution < 1.29 is 4.39 Å². The zero-order valence-corrected chi connectivity index (χ0v) is 20.8. The van der Waals surface area contributed by atoms with Gasteiger partial charge in [-0.15, -0.1) is 0 Å². The predicted molar refractivity (Wildman–Crippen MR) is 147 cm³/mol. The van der Waals surface area contributed by atoms with Crippen LogP contribution in [0.15, 0.2) is 97.2 Å². The zero-order valence-electron chi connectivity index (χ0n) is 20.0. The summed E-state index contributed by atoms with van der Waals surface area (Å²) < 4.78 is 16.1. The minimum Gasteiger partial charge on any atom is -0.351 e. The molecule has 178 valence electrons. The second-order valence-electron chi connectivity index (χ2n) is 9.13. The van der Waals surface area contributed by atoms with E-state index in [1.54, 1.807) is 18.3 Å². The number of hydrogen-bond acceptors (Lipinski definition) is 2. The number of hydrogen-bond donors (Lipinski definition) is 1. The van der Waals surface area contributed by atoms with E-state index >= 15 is 0 Å². The molecule has 2 atom stereocenters. The largest absolute Gasteiger partial charge is 0.351 e. The summed E-state index contributed by atoms with van der Waals surface area (Å²) >= 11 is 5.84. The quantitative estimate of drug-likeness (QED) is 0.275. The van der Waals surface area contributed by atoms with E-state index in [2.05, 4.69) is 82.1 Å². The third kappa shape index (κ3) is 3.65. The van der Waals surface area contributed by atoms with E-state index in [4.69, 9.17) is 12.2 Å². The number of halogens is 1. The molecule has 0 bridgehead atoms. The molecule has 2 unspecified atom stereocenters. The van der Waals surface area contributed by atoms with Gasteiger partial charge in [0.25, 0.3) is 0 Å². The fourth-order valence-electron chi connectivity index (χ4n) is 5.41. The minimum absolute atomic E-state index is 0.159. The van der Waals surface area contributed by atoms with Crippen molar-refractivity contribution in [3.05, 3.63) is 126 Å². The molecule has 1 aliphatic rings. The van der Waals surface area contributed by atoms with Gasteiger partial charge in [-0.1, -0.05) is 42.5 Å². The van der Waals surface area contributed by atoms with Gasteiger partial charge in [0.1, 0.15) is 5.82 Å². The first kappa shape index (κ1) is 22.4. The highest BCUT2D eigenvalue weighted by atomic mass is 32.1.